The maximum atomic E-state index is 13.6. The standard InChI is InChI=1S/C23H22N2O7/c1-4-9-5-6-13(26)15-11(9)7-10-8-12-17(25(2)3)19(28)16(22(24)31)21(30)23(12,32)20(29)14(10)18(15)27/h1,5-6,10,12,17,26-27,30,32H,7-8H2,2-3H3,(H2,24,31)/t10-,12-,17-,23-/m0/s1. The molecule has 9 heteroatoms. The Hall–Kier alpha value is -3.61. The number of Topliss-reactive ketones (excluding diaryl/α,β-unsaturated/α-hetero) is 2. The highest BCUT2D eigenvalue weighted by Gasteiger charge is 2.64. The molecule has 0 aromatic heterocycles. The van der Waals surface area contributed by atoms with Crippen LogP contribution in [0.15, 0.2) is 29.0 Å². The third kappa shape index (κ3) is 2.57. The first-order chi connectivity index (χ1) is 15.0. The number of aliphatic hydroxyl groups is 3. The van der Waals surface area contributed by atoms with Crippen LogP contribution in [0.2, 0.25) is 0 Å². The van der Waals surface area contributed by atoms with Gasteiger partial charge in [-0.05, 0) is 50.6 Å². The molecule has 3 aliphatic rings. The Bertz CT molecular complexity index is 1200. The van der Waals surface area contributed by atoms with E-state index in [0.717, 1.165) is 0 Å². The summed E-state index contributed by atoms with van der Waals surface area (Å²) in [4.78, 5) is 39.9. The summed E-state index contributed by atoms with van der Waals surface area (Å²) in [5.74, 6) is -4.37. The Morgan fingerprint density at radius 1 is 1.25 bits per heavy atom. The van der Waals surface area contributed by atoms with E-state index in [2.05, 4.69) is 5.92 Å². The number of terminal acetylenes is 1. The minimum Gasteiger partial charge on any atom is -0.508 e. The molecule has 166 valence electrons. The molecule has 3 aliphatic carbocycles. The number of aliphatic hydroxyl groups excluding tert-OH is 2. The van der Waals surface area contributed by atoms with Gasteiger partial charge in [-0.1, -0.05) is 5.92 Å². The number of rotatable bonds is 2. The largest absolute Gasteiger partial charge is 0.508 e. The number of phenolic OH excluding ortho intramolecular Hbond substituents is 1. The number of hydrogen-bond donors (Lipinski definition) is 5. The number of ketones is 2. The molecule has 9 nitrogen and oxygen atoms in total. The second kappa shape index (κ2) is 6.95. The molecule has 4 rings (SSSR count). The summed E-state index contributed by atoms with van der Waals surface area (Å²) in [7, 11) is 3.09. The number of carbonyl (C=O) groups excluding carboxylic acids is 3. The van der Waals surface area contributed by atoms with Crippen molar-refractivity contribution in [1.29, 1.82) is 0 Å². The first kappa shape index (κ1) is 21.6. The van der Waals surface area contributed by atoms with E-state index < -0.39 is 58.0 Å². The van der Waals surface area contributed by atoms with Gasteiger partial charge in [0.25, 0.3) is 5.91 Å². The molecule has 0 unspecified atom stereocenters. The van der Waals surface area contributed by atoms with E-state index in [-0.39, 0.29) is 29.7 Å². The summed E-state index contributed by atoms with van der Waals surface area (Å²) in [6, 6.07) is 1.69. The molecular weight excluding hydrogens is 416 g/mol. The number of nitrogens with two attached hydrogens (primary N) is 1. The van der Waals surface area contributed by atoms with Crippen LogP contribution in [0.3, 0.4) is 0 Å². The van der Waals surface area contributed by atoms with Crippen molar-refractivity contribution in [3.8, 4) is 18.1 Å². The molecule has 1 amide bonds. The zero-order valence-electron chi connectivity index (χ0n) is 17.4. The van der Waals surface area contributed by atoms with Crippen LogP contribution in [0.5, 0.6) is 5.75 Å². The van der Waals surface area contributed by atoms with Crippen molar-refractivity contribution in [2.45, 2.75) is 24.5 Å². The van der Waals surface area contributed by atoms with Crippen molar-refractivity contribution < 1.29 is 34.8 Å². The Kier molecular flexibility index (Phi) is 4.69. The first-order valence-electron chi connectivity index (χ1n) is 9.93. The minimum atomic E-state index is -2.65. The lowest BCUT2D eigenvalue weighted by molar-refractivity contribution is -0.153. The molecule has 0 radical (unpaired) electrons. The van der Waals surface area contributed by atoms with Gasteiger partial charge >= 0.3 is 0 Å². The molecule has 32 heavy (non-hydrogen) atoms. The smallest absolute Gasteiger partial charge is 0.255 e. The number of nitrogens with zero attached hydrogens (tertiary/aromatic N) is 1. The van der Waals surface area contributed by atoms with Crippen molar-refractivity contribution in [3.63, 3.8) is 0 Å². The zero-order valence-corrected chi connectivity index (χ0v) is 17.4. The number of fused-ring (bicyclic) bond motifs is 3. The quantitative estimate of drug-likeness (QED) is 0.317. The number of phenols is 1. The Morgan fingerprint density at radius 3 is 2.47 bits per heavy atom. The van der Waals surface area contributed by atoms with Crippen LogP contribution in [-0.4, -0.2) is 68.5 Å². The van der Waals surface area contributed by atoms with Gasteiger partial charge in [0, 0.05) is 17.1 Å². The second-order valence-electron chi connectivity index (χ2n) is 8.59. The van der Waals surface area contributed by atoms with E-state index in [1.165, 1.54) is 17.0 Å². The van der Waals surface area contributed by atoms with E-state index in [0.29, 0.717) is 11.1 Å². The van der Waals surface area contributed by atoms with Crippen LogP contribution in [0.25, 0.3) is 5.76 Å². The number of aromatic hydroxyl groups is 1. The second-order valence-corrected chi connectivity index (χ2v) is 8.59. The summed E-state index contributed by atoms with van der Waals surface area (Å²) < 4.78 is 0. The first-order valence-corrected chi connectivity index (χ1v) is 9.93. The molecule has 0 heterocycles. The van der Waals surface area contributed by atoms with Crippen molar-refractivity contribution >= 4 is 23.2 Å². The van der Waals surface area contributed by atoms with E-state index >= 15 is 0 Å². The van der Waals surface area contributed by atoms with Gasteiger partial charge in [0.2, 0.25) is 5.78 Å². The highest BCUT2D eigenvalue weighted by Crippen LogP contribution is 2.52. The van der Waals surface area contributed by atoms with Crippen molar-refractivity contribution in [1.82, 2.24) is 4.90 Å². The van der Waals surface area contributed by atoms with Gasteiger partial charge in [-0.25, -0.2) is 0 Å². The fourth-order valence-electron chi connectivity index (χ4n) is 5.38. The predicted octanol–water partition coefficient (Wildman–Crippen LogP) is -0.0547. The van der Waals surface area contributed by atoms with Gasteiger partial charge in [-0.15, -0.1) is 6.42 Å². The van der Waals surface area contributed by atoms with Crippen LogP contribution in [0, 0.1) is 24.2 Å². The number of hydrogen-bond acceptors (Lipinski definition) is 8. The maximum absolute atomic E-state index is 13.6. The Labute approximate surface area is 183 Å². The molecule has 0 spiro atoms. The number of carbonyl (C=O) groups is 3. The van der Waals surface area contributed by atoms with Crippen molar-refractivity contribution in [2.24, 2.45) is 17.6 Å². The lowest BCUT2D eigenvalue weighted by Gasteiger charge is -2.50. The van der Waals surface area contributed by atoms with Gasteiger partial charge in [-0.3, -0.25) is 19.3 Å². The van der Waals surface area contributed by atoms with E-state index in [4.69, 9.17) is 12.2 Å². The highest BCUT2D eigenvalue weighted by molar-refractivity contribution is 6.24. The highest BCUT2D eigenvalue weighted by atomic mass is 16.3. The van der Waals surface area contributed by atoms with Gasteiger partial charge in [0.1, 0.15) is 22.8 Å². The van der Waals surface area contributed by atoms with Crippen molar-refractivity contribution in [2.75, 3.05) is 14.1 Å². The Morgan fingerprint density at radius 2 is 1.91 bits per heavy atom. The van der Waals surface area contributed by atoms with Crippen LogP contribution in [0.4, 0.5) is 0 Å². The van der Waals surface area contributed by atoms with Gasteiger partial charge in [0.05, 0.1) is 11.6 Å². The lowest BCUT2D eigenvalue weighted by atomic mass is 9.57. The minimum absolute atomic E-state index is 0.0169. The zero-order chi connectivity index (χ0) is 23.7. The number of benzene rings is 1. The number of amides is 1. The molecule has 1 saturated carbocycles. The molecular formula is C23H22N2O7. The molecule has 0 aliphatic heterocycles. The average Bonchev–Trinajstić information content (AvgIpc) is 2.70. The summed E-state index contributed by atoms with van der Waals surface area (Å²) in [6.07, 6.45) is 5.75. The van der Waals surface area contributed by atoms with E-state index in [1.54, 1.807) is 14.1 Å². The topological polar surface area (TPSA) is 161 Å². The van der Waals surface area contributed by atoms with Crippen LogP contribution < -0.4 is 5.73 Å². The third-order valence-electron chi connectivity index (χ3n) is 6.76. The summed E-state index contributed by atoms with van der Waals surface area (Å²) in [5, 5.41) is 43.5. The van der Waals surface area contributed by atoms with Gasteiger partial charge in [0.15, 0.2) is 11.4 Å². The molecule has 6 N–H and O–H groups in total. The number of primary amides is 1. The molecule has 0 bridgehead atoms. The third-order valence-corrected chi connectivity index (χ3v) is 6.76. The molecule has 1 fully saturated rings. The SMILES string of the molecule is C#Cc1ccc(O)c2c1C[C@H]1C[C@H]3[C@H](N(C)C)C(=O)C(C(N)=O)=C(O)[C@@]3(O)C(=O)C1=C2O. The van der Waals surface area contributed by atoms with Crippen LogP contribution >= 0.6 is 0 Å². The lowest BCUT2D eigenvalue weighted by Crippen LogP contribution is -2.65. The fraction of sp³-hybridized carbons (Fsp3) is 0.348. The normalized spacial score (nSPS) is 29.4. The molecule has 1 aromatic rings. The maximum Gasteiger partial charge on any atom is 0.255 e. The summed E-state index contributed by atoms with van der Waals surface area (Å²) in [6.45, 7) is 0. The van der Waals surface area contributed by atoms with Gasteiger partial charge < -0.3 is 26.2 Å². The number of likely N-dealkylation sites (N-methyl/N-ethyl adjacent to an activating group) is 1. The Balaban J connectivity index is 2.00. The predicted molar refractivity (Wildman–Crippen MR) is 112 cm³/mol. The molecule has 0 saturated heterocycles. The van der Waals surface area contributed by atoms with E-state index in [9.17, 15) is 34.8 Å². The van der Waals surface area contributed by atoms with Crippen LogP contribution in [0.1, 0.15) is 23.1 Å². The van der Waals surface area contributed by atoms with Crippen LogP contribution in [-0.2, 0) is 20.8 Å². The summed E-state index contributed by atoms with van der Waals surface area (Å²) >= 11 is 0. The summed E-state index contributed by atoms with van der Waals surface area (Å²) in [5.41, 5.74) is 2.46. The van der Waals surface area contributed by atoms with Crippen molar-refractivity contribution in [3.05, 3.63) is 45.7 Å². The molecule has 4 atom stereocenters. The monoisotopic (exact) mass is 438 g/mol. The van der Waals surface area contributed by atoms with Gasteiger partial charge in [-0.2, -0.15) is 0 Å². The fourth-order valence-corrected chi connectivity index (χ4v) is 5.38. The van der Waals surface area contributed by atoms with E-state index in [1.807, 2.05) is 0 Å². The molecule has 1 aromatic carbocycles. The average molecular weight is 438 g/mol.